The van der Waals surface area contributed by atoms with Gasteiger partial charge in [0.2, 0.25) is 0 Å². The molecule has 0 bridgehead atoms. The Bertz CT molecular complexity index is 1450. The Morgan fingerprint density at radius 3 is 2.62 bits per heavy atom. The van der Waals surface area contributed by atoms with Crippen LogP contribution in [0.25, 0.3) is 22.2 Å². The van der Waals surface area contributed by atoms with E-state index in [0.29, 0.717) is 33.7 Å². The zero-order valence-electron chi connectivity index (χ0n) is 20.0. The van der Waals surface area contributed by atoms with E-state index < -0.39 is 5.60 Å². The molecule has 2 N–H and O–H groups in total. The van der Waals surface area contributed by atoms with Crippen LogP contribution in [0, 0.1) is 0 Å². The molecule has 2 fully saturated rings. The molecule has 9 nitrogen and oxygen atoms in total. The Kier molecular flexibility index (Phi) is 6.14. The fraction of sp³-hybridized carbons (Fsp3) is 0.308. The van der Waals surface area contributed by atoms with Crippen LogP contribution in [-0.2, 0) is 4.74 Å². The van der Waals surface area contributed by atoms with E-state index in [1.807, 2.05) is 37.3 Å². The number of nitrogens with zero attached hydrogens (tertiary/aromatic N) is 4. The first-order valence-corrected chi connectivity index (χ1v) is 12.8. The SMILES string of the molecule is CC(Oc1ccc2[nH]nc(-c3ccc(N4CC5(CCNCC5)OC4=O)nc3)c2c1)c1c(Cl)cncc1Cl. The van der Waals surface area contributed by atoms with E-state index in [1.165, 1.54) is 0 Å². The highest BCUT2D eigenvalue weighted by Crippen LogP contribution is 2.36. The van der Waals surface area contributed by atoms with Gasteiger partial charge in [0.15, 0.2) is 0 Å². The smallest absolute Gasteiger partial charge is 0.416 e. The Morgan fingerprint density at radius 1 is 1.11 bits per heavy atom. The average Bonchev–Trinajstić information content (AvgIpc) is 3.45. The van der Waals surface area contributed by atoms with Crippen LogP contribution >= 0.6 is 23.2 Å². The Labute approximate surface area is 223 Å². The van der Waals surface area contributed by atoms with Gasteiger partial charge in [-0.25, -0.2) is 9.78 Å². The Hall–Kier alpha value is -3.40. The molecule has 2 aliphatic heterocycles. The third-order valence-corrected chi connectivity index (χ3v) is 7.53. The third kappa shape index (κ3) is 4.47. The van der Waals surface area contributed by atoms with E-state index in [9.17, 15) is 4.79 Å². The van der Waals surface area contributed by atoms with E-state index in [-0.39, 0.29) is 12.2 Å². The third-order valence-electron chi connectivity index (χ3n) is 6.93. The second-order valence-corrected chi connectivity index (χ2v) is 10.2. The maximum atomic E-state index is 12.6. The minimum absolute atomic E-state index is 0.349. The van der Waals surface area contributed by atoms with Crippen LogP contribution in [0.4, 0.5) is 10.6 Å². The van der Waals surface area contributed by atoms with Crippen LogP contribution in [0.5, 0.6) is 5.75 Å². The highest BCUT2D eigenvalue weighted by molar-refractivity contribution is 6.35. The molecule has 2 aliphatic rings. The van der Waals surface area contributed by atoms with Gasteiger partial charge in [-0.15, -0.1) is 0 Å². The summed E-state index contributed by atoms with van der Waals surface area (Å²) in [5.74, 6) is 1.20. The summed E-state index contributed by atoms with van der Waals surface area (Å²) in [6, 6.07) is 9.42. The molecule has 6 rings (SSSR count). The lowest BCUT2D eigenvalue weighted by Crippen LogP contribution is -2.44. The fourth-order valence-corrected chi connectivity index (χ4v) is 5.66. The minimum Gasteiger partial charge on any atom is -0.486 e. The lowest BCUT2D eigenvalue weighted by molar-refractivity contribution is 0.0316. The highest BCUT2D eigenvalue weighted by atomic mass is 35.5. The number of fused-ring (bicyclic) bond motifs is 1. The molecule has 2 saturated heterocycles. The predicted octanol–water partition coefficient (Wildman–Crippen LogP) is 5.55. The molecule has 190 valence electrons. The number of hydrogen-bond acceptors (Lipinski definition) is 7. The largest absolute Gasteiger partial charge is 0.486 e. The van der Waals surface area contributed by atoms with Gasteiger partial charge in [0.25, 0.3) is 0 Å². The van der Waals surface area contributed by atoms with Crippen molar-refractivity contribution in [3.05, 3.63) is 64.5 Å². The lowest BCUT2D eigenvalue weighted by Gasteiger charge is -2.31. The van der Waals surface area contributed by atoms with Crippen molar-refractivity contribution in [2.45, 2.75) is 31.5 Å². The van der Waals surface area contributed by atoms with Crippen molar-refractivity contribution in [1.29, 1.82) is 0 Å². The summed E-state index contributed by atoms with van der Waals surface area (Å²) in [6.45, 7) is 4.07. The van der Waals surface area contributed by atoms with Crippen LogP contribution in [0.2, 0.25) is 10.0 Å². The normalized spacial score (nSPS) is 17.8. The molecule has 5 heterocycles. The van der Waals surface area contributed by atoms with Gasteiger partial charge in [-0.1, -0.05) is 23.2 Å². The average molecular weight is 539 g/mol. The fourth-order valence-electron chi connectivity index (χ4n) is 4.99. The number of ether oxygens (including phenoxy) is 2. The molecular weight excluding hydrogens is 515 g/mol. The van der Waals surface area contributed by atoms with Crippen molar-refractivity contribution < 1.29 is 14.3 Å². The van der Waals surface area contributed by atoms with Crippen LogP contribution in [0.3, 0.4) is 0 Å². The van der Waals surface area contributed by atoms with E-state index in [2.05, 4.69) is 25.5 Å². The number of carbonyl (C=O) groups is 1. The zero-order valence-corrected chi connectivity index (χ0v) is 21.5. The molecule has 37 heavy (non-hydrogen) atoms. The maximum absolute atomic E-state index is 12.6. The topological polar surface area (TPSA) is 105 Å². The monoisotopic (exact) mass is 538 g/mol. The van der Waals surface area contributed by atoms with Crippen molar-refractivity contribution in [3.8, 4) is 17.0 Å². The second kappa shape index (κ2) is 9.48. The van der Waals surface area contributed by atoms with E-state index in [4.69, 9.17) is 32.7 Å². The maximum Gasteiger partial charge on any atom is 0.416 e. The molecule has 1 atom stereocenters. The first-order chi connectivity index (χ1) is 17.9. The number of anilines is 1. The first kappa shape index (κ1) is 24.0. The molecule has 1 aromatic carbocycles. The molecule has 1 unspecified atom stereocenters. The van der Waals surface area contributed by atoms with Gasteiger partial charge in [0.05, 0.1) is 22.1 Å². The quantitative estimate of drug-likeness (QED) is 0.343. The number of halogens is 2. The highest BCUT2D eigenvalue weighted by Gasteiger charge is 2.46. The van der Waals surface area contributed by atoms with E-state index >= 15 is 0 Å². The molecule has 11 heteroatoms. The number of carbonyl (C=O) groups excluding carboxylic acids is 1. The molecular formula is C26H24Cl2N6O3. The summed E-state index contributed by atoms with van der Waals surface area (Å²) in [5, 5.41) is 12.6. The van der Waals surface area contributed by atoms with Gasteiger partial charge < -0.3 is 14.8 Å². The van der Waals surface area contributed by atoms with Gasteiger partial charge in [-0.05, 0) is 50.3 Å². The van der Waals surface area contributed by atoms with E-state index in [1.54, 1.807) is 23.5 Å². The number of H-pyrrole nitrogens is 1. The first-order valence-electron chi connectivity index (χ1n) is 12.0. The molecule has 1 spiro atoms. The van der Waals surface area contributed by atoms with Gasteiger partial charge in [0.1, 0.15) is 29.0 Å². The van der Waals surface area contributed by atoms with Crippen molar-refractivity contribution in [2.75, 3.05) is 24.5 Å². The van der Waals surface area contributed by atoms with Crippen LogP contribution in [0.1, 0.15) is 31.4 Å². The van der Waals surface area contributed by atoms with Crippen molar-refractivity contribution >= 4 is 46.0 Å². The minimum atomic E-state index is -0.431. The number of pyridine rings is 2. The second-order valence-electron chi connectivity index (χ2n) is 9.35. The molecule has 1 amide bonds. The Balaban J connectivity index is 1.24. The summed E-state index contributed by atoms with van der Waals surface area (Å²) < 4.78 is 11.9. The number of hydrogen-bond donors (Lipinski definition) is 2. The molecule has 0 saturated carbocycles. The zero-order chi connectivity index (χ0) is 25.6. The summed E-state index contributed by atoms with van der Waals surface area (Å²) in [5.41, 5.74) is 2.64. The number of aromatic amines is 1. The van der Waals surface area contributed by atoms with Crippen LogP contribution < -0.4 is 15.0 Å². The number of amides is 1. The van der Waals surface area contributed by atoms with Crippen LogP contribution in [0.15, 0.2) is 48.9 Å². The van der Waals surface area contributed by atoms with E-state index in [0.717, 1.165) is 48.1 Å². The summed E-state index contributed by atoms with van der Waals surface area (Å²) in [7, 11) is 0. The molecule has 4 aromatic rings. The van der Waals surface area contributed by atoms with Gasteiger partial charge in [-0.2, -0.15) is 5.10 Å². The number of benzene rings is 1. The molecule has 0 radical (unpaired) electrons. The number of piperidine rings is 1. The van der Waals surface area contributed by atoms with Crippen molar-refractivity contribution in [1.82, 2.24) is 25.5 Å². The van der Waals surface area contributed by atoms with Gasteiger partial charge in [0, 0.05) is 47.9 Å². The Morgan fingerprint density at radius 2 is 1.89 bits per heavy atom. The summed E-state index contributed by atoms with van der Waals surface area (Å²) >= 11 is 12.6. The van der Waals surface area contributed by atoms with Crippen LogP contribution in [-0.4, -0.2) is 51.5 Å². The number of nitrogens with one attached hydrogen (secondary N) is 2. The standard InChI is InChI=1S/C26H24Cl2N6O3/c1-15(23-19(27)12-30-13-20(23)28)36-17-3-4-21-18(10-17)24(33-32-21)16-2-5-22(31-11-16)34-14-26(37-25(34)35)6-8-29-9-7-26/h2-5,10-13,15,29H,6-9,14H2,1H3,(H,32,33). The molecule has 0 aliphatic carbocycles. The van der Waals surface area contributed by atoms with Gasteiger partial charge >= 0.3 is 6.09 Å². The summed E-state index contributed by atoms with van der Waals surface area (Å²) in [4.78, 5) is 22.8. The number of rotatable bonds is 5. The number of aromatic nitrogens is 4. The predicted molar refractivity (Wildman–Crippen MR) is 141 cm³/mol. The van der Waals surface area contributed by atoms with Crippen molar-refractivity contribution in [2.24, 2.45) is 0 Å². The summed E-state index contributed by atoms with van der Waals surface area (Å²) in [6.07, 6.45) is 5.68. The van der Waals surface area contributed by atoms with Crippen molar-refractivity contribution in [3.63, 3.8) is 0 Å². The lowest BCUT2D eigenvalue weighted by atomic mass is 9.92. The van der Waals surface area contributed by atoms with Gasteiger partial charge in [-0.3, -0.25) is 15.0 Å². The molecule has 3 aromatic heterocycles.